The first kappa shape index (κ1) is 15.2. The van der Waals surface area contributed by atoms with Crippen LogP contribution in [0.1, 0.15) is 35.7 Å². The minimum atomic E-state index is 0.0837. The van der Waals surface area contributed by atoms with Crippen molar-refractivity contribution in [2.45, 2.75) is 25.8 Å². The number of aryl methyl sites for hydroxylation is 1. The van der Waals surface area contributed by atoms with Crippen LogP contribution in [0.5, 0.6) is 5.75 Å². The fourth-order valence-corrected chi connectivity index (χ4v) is 3.73. The van der Waals surface area contributed by atoms with Gasteiger partial charge in [0.15, 0.2) is 0 Å². The summed E-state index contributed by atoms with van der Waals surface area (Å²) in [5, 5.41) is 12.0. The minimum absolute atomic E-state index is 0.0837. The van der Waals surface area contributed by atoms with Gasteiger partial charge in [0.2, 0.25) is 0 Å². The van der Waals surface area contributed by atoms with E-state index in [1.807, 2.05) is 25.1 Å². The van der Waals surface area contributed by atoms with Gasteiger partial charge in [-0.05, 0) is 44.5 Å². The molecule has 0 bridgehead atoms. The highest BCUT2D eigenvalue weighted by atomic mass is 16.3. The number of phenols is 1. The lowest BCUT2D eigenvalue weighted by molar-refractivity contribution is 0.275. The van der Waals surface area contributed by atoms with Crippen molar-refractivity contribution < 1.29 is 5.11 Å². The largest absolute Gasteiger partial charge is 0.505 e. The van der Waals surface area contributed by atoms with Crippen LogP contribution >= 0.6 is 0 Å². The van der Waals surface area contributed by atoms with Crippen LogP contribution < -0.4 is 0 Å². The first-order valence-electron chi connectivity index (χ1n) is 8.62. The van der Waals surface area contributed by atoms with Gasteiger partial charge < -0.3 is 5.11 Å². The van der Waals surface area contributed by atoms with E-state index >= 15 is 0 Å². The fraction of sp³-hybridized carbons (Fsp3) is 0.286. The third kappa shape index (κ3) is 2.65. The van der Waals surface area contributed by atoms with Gasteiger partial charge in [-0.1, -0.05) is 48.5 Å². The molecule has 1 aliphatic heterocycles. The molecule has 1 aliphatic rings. The van der Waals surface area contributed by atoms with E-state index in [0.29, 0.717) is 11.3 Å². The molecule has 1 aromatic heterocycles. The molecule has 3 nitrogen and oxygen atoms in total. The topological polar surface area (TPSA) is 36.4 Å². The number of hydrogen-bond acceptors (Lipinski definition) is 3. The molecule has 0 amide bonds. The minimum Gasteiger partial charge on any atom is -0.505 e. The molecular formula is C21H22N2O. The summed E-state index contributed by atoms with van der Waals surface area (Å²) in [5.74, 6) is 0.317. The van der Waals surface area contributed by atoms with Gasteiger partial charge >= 0.3 is 0 Å². The molecule has 1 atom stereocenters. The third-order valence-electron chi connectivity index (χ3n) is 4.92. The number of hydrogen-bond donors (Lipinski definition) is 1. The van der Waals surface area contributed by atoms with Crippen molar-refractivity contribution in [3.05, 3.63) is 71.4 Å². The molecule has 0 spiro atoms. The Kier molecular flexibility index (Phi) is 3.95. The van der Waals surface area contributed by atoms with E-state index in [0.717, 1.165) is 29.7 Å². The second kappa shape index (κ2) is 6.25. The van der Waals surface area contributed by atoms with Crippen LogP contribution in [0.15, 0.2) is 54.6 Å². The molecule has 4 rings (SSSR count). The van der Waals surface area contributed by atoms with Crippen LogP contribution in [0.3, 0.4) is 0 Å². The van der Waals surface area contributed by atoms with E-state index in [1.54, 1.807) is 0 Å². The van der Waals surface area contributed by atoms with E-state index in [9.17, 15) is 5.11 Å². The quantitative estimate of drug-likeness (QED) is 0.776. The maximum atomic E-state index is 11.0. The van der Waals surface area contributed by atoms with Gasteiger partial charge in [0.05, 0.1) is 6.04 Å². The molecule has 0 radical (unpaired) electrons. The van der Waals surface area contributed by atoms with Crippen LogP contribution in [-0.2, 0) is 0 Å². The Labute approximate surface area is 142 Å². The maximum absolute atomic E-state index is 11.0. The zero-order valence-corrected chi connectivity index (χ0v) is 13.9. The van der Waals surface area contributed by atoms with Crippen LogP contribution in [0.4, 0.5) is 0 Å². The number of likely N-dealkylation sites (tertiary alicyclic amines) is 1. The van der Waals surface area contributed by atoms with Crippen LogP contribution in [0, 0.1) is 6.92 Å². The van der Waals surface area contributed by atoms with Gasteiger partial charge in [-0.3, -0.25) is 4.90 Å². The van der Waals surface area contributed by atoms with Crippen molar-refractivity contribution >= 4 is 10.9 Å². The van der Waals surface area contributed by atoms with E-state index in [-0.39, 0.29) is 6.04 Å². The van der Waals surface area contributed by atoms with Crippen LogP contribution in [-0.4, -0.2) is 28.1 Å². The SMILES string of the molecule is Cc1ccc2ccc(C(c3ccccc3)N3CCCC3)c(O)c2n1. The Morgan fingerprint density at radius 2 is 1.67 bits per heavy atom. The van der Waals surface area contributed by atoms with Crippen molar-refractivity contribution in [1.29, 1.82) is 0 Å². The molecule has 1 saturated heterocycles. The third-order valence-corrected chi connectivity index (χ3v) is 4.92. The van der Waals surface area contributed by atoms with Crippen molar-refractivity contribution in [2.75, 3.05) is 13.1 Å². The molecule has 0 saturated carbocycles. The Morgan fingerprint density at radius 1 is 0.958 bits per heavy atom. The Balaban J connectivity index is 1.89. The summed E-state index contributed by atoms with van der Waals surface area (Å²) in [7, 11) is 0. The molecule has 122 valence electrons. The number of fused-ring (bicyclic) bond motifs is 1. The smallest absolute Gasteiger partial charge is 0.146 e. The zero-order chi connectivity index (χ0) is 16.5. The van der Waals surface area contributed by atoms with Crippen molar-refractivity contribution in [1.82, 2.24) is 9.88 Å². The molecular weight excluding hydrogens is 296 g/mol. The average Bonchev–Trinajstić information content (AvgIpc) is 3.13. The van der Waals surface area contributed by atoms with Crippen molar-refractivity contribution in [3.8, 4) is 5.75 Å². The Bertz CT molecular complexity index is 854. The fourth-order valence-electron chi connectivity index (χ4n) is 3.73. The molecule has 3 heteroatoms. The normalized spacial score (nSPS) is 16.5. The Morgan fingerprint density at radius 3 is 2.42 bits per heavy atom. The number of nitrogens with zero attached hydrogens (tertiary/aromatic N) is 2. The standard InChI is InChI=1S/C21H22N2O/c1-15-9-10-16-11-12-18(21(24)19(16)22-15)20(23-13-5-6-14-23)17-7-3-2-4-8-17/h2-4,7-12,20,24H,5-6,13-14H2,1H3. The van der Waals surface area contributed by atoms with Gasteiger partial charge in [0.1, 0.15) is 11.3 Å². The van der Waals surface area contributed by atoms with E-state index < -0.39 is 0 Å². The summed E-state index contributed by atoms with van der Waals surface area (Å²) in [4.78, 5) is 7.03. The van der Waals surface area contributed by atoms with E-state index in [2.05, 4.69) is 46.3 Å². The molecule has 0 aliphatic carbocycles. The molecule has 24 heavy (non-hydrogen) atoms. The van der Waals surface area contributed by atoms with Crippen LogP contribution in [0.2, 0.25) is 0 Å². The summed E-state index contributed by atoms with van der Waals surface area (Å²) in [6.07, 6.45) is 2.43. The average molecular weight is 318 g/mol. The van der Waals surface area contributed by atoms with Gasteiger partial charge in [0, 0.05) is 16.6 Å². The lowest BCUT2D eigenvalue weighted by atomic mass is 9.95. The maximum Gasteiger partial charge on any atom is 0.146 e. The summed E-state index contributed by atoms with van der Waals surface area (Å²) >= 11 is 0. The predicted octanol–water partition coefficient (Wildman–Crippen LogP) is 4.43. The Hall–Kier alpha value is -2.39. The molecule has 1 fully saturated rings. The number of phenolic OH excluding ortho intramolecular Hbond substituents is 1. The second-order valence-electron chi connectivity index (χ2n) is 6.58. The van der Waals surface area contributed by atoms with Gasteiger partial charge in [0.25, 0.3) is 0 Å². The summed E-state index contributed by atoms with van der Waals surface area (Å²) in [6, 6.07) is 18.7. The lowest BCUT2D eigenvalue weighted by Crippen LogP contribution is -2.26. The van der Waals surface area contributed by atoms with Gasteiger partial charge in [-0.25, -0.2) is 4.98 Å². The number of pyridine rings is 1. The summed E-state index contributed by atoms with van der Waals surface area (Å²) < 4.78 is 0. The second-order valence-corrected chi connectivity index (χ2v) is 6.58. The summed E-state index contributed by atoms with van der Waals surface area (Å²) in [5.41, 5.74) is 3.80. The molecule has 3 aromatic rings. The monoisotopic (exact) mass is 318 g/mol. The molecule has 1 N–H and O–H groups in total. The highest BCUT2D eigenvalue weighted by Crippen LogP contribution is 2.39. The number of rotatable bonds is 3. The van der Waals surface area contributed by atoms with E-state index in [1.165, 1.54) is 18.4 Å². The predicted molar refractivity (Wildman–Crippen MR) is 97.2 cm³/mol. The lowest BCUT2D eigenvalue weighted by Gasteiger charge is -2.29. The van der Waals surface area contributed by atoms with Gasteiger partial charge in [-0.15, -0.1) is 0 Å². The van der Waals surface area contributed by atoms with E-state index in [4.69, 9.17) is 0 Å². The first-order chi connectivity index (χ1) is 11.7. The molecule has 1 unspecified atom stereocenters. The molecule has 2 aromatic carbocycles. The zero-order valence-electron chi connectivity index (χ0n) is 13.9. The first-order valence-corrected chi connectivity index (χ1v) is 8.62. The summed E-state index contributed by atoms with van der Waals surface area (Å²) in [6.45, 7) is 4.09. The van der Waals surface area contributed by atoms with Crippen molar-refractivity contribution in [3.63, 3.8) is 0 Å². The number of aromatic nitrogens is 1. The molecule has 2 heterocycles. The van der Waals surface area contributed by atoms with Crippen LogP contribution in [0.25, 0.3) is 10.9 Å². The highest BCUT2D eigenvalue weighted by Gasteiger charge is 2.27. The number of benzene rings is 2. The van der Waals surface area contributed by atoms with Gasteiger partial charge in [-0.2, -0.15) is 0 Å². The number of aromatic hydroxyl groups is 1. The van der Waals surface area contributed by atoms with Crippen molar-refractivity contribution in [2.24, 2.45) is 0 Å². The highest BCUT2D eigenvalue weighted by molar-refractivity contribution is 5.86.